The molecule has 3 aromatic rings. The quantitative estimate of drug-likeness (QED) is 0.283. The van der Waals surface area contributed by atoms with Crippen LogP contribution in [-0.2, 0) is 0 Å². The van der Waals surface area contributed by atoms with E-state index >= 15 is 0 Å². The number of nitrogens with two attached hydrogens (primary N) is 1. The molecule has 0 saturated carbocycles. The number of allylic oxidation sites excluding steroid dienone is 1. The Kier molecular flexibility index (Phi) is 6.84. The van der Waals surface area contributed by atoms with Gasteiger partial charge in [-0.1, -0.05) is 55.3 Å². The zero-order valence-corrected chi connectivity index (χ0v) is 19.2. The van der Waals surface area contributed by atoms with Crippen LogP contribution in [0.2, 0.25) is 0 Å². The van der Waals surface area contributed by atoms with Crippen molar-refractivity contribution in [2.45, 2.75) is 32.6 Å². The van der Waals surface area contributed by atoms with Crippen LogP contribution in [0.5, 0.6) is 17.2 Å². The lowest BCUT2D eigenvalue weighted by molar-refractivity contribution is 0.0734. The monoisotopic (exact) mass is 454 g/mol. The molecule has 0 amide bonds. The van der Waals surface area contributed by atoms with E-state index in [1.54, 1.807) is 36.4 Å². The summed E-state index contributed by atoms with van der Waals surface area (Å²) in [5.74, 6) is 0.541. The van der Waals surface area contributed by atoms with E-state index in [0.717, 1.165) is 29.5 Å². The molecular weight excluding hydrogens is 428 g/mol. The van der Waals surface area contributed by atoms with Crippen LogP contribution < -0.4 is 19.9 Å². The first-order chi connectivity index (χ1) is 16.5. The molecule has 0 radical (unpaired) electrons. The summed E-state index contributed by atoms with van der Waals surface area (Å²) in [7, 11) is 0. The molecule has 0 fully saturated rings. The number of nitriles is 1. The first-order valence-corrected chi connectivity index (χ1v) is 11.2. The van der Waals surface area contributed by atoms with Gasteiger partial charge in [-0.2, -0.15) is 5.26 Å². The maximum atomic E-state index is 12.6. The number of esters is 1. The van der Waals surface area contributed by atoms with Gasteiger partial charge in [0.15, 0.2) is 0 Å². The number of hydrogen-bond donors (Lipinski definition) is 1. The number of nitrogens with zero attached hydrogens (tertiary/aromatic N) is 1. The summed E-state index contributed by atoms with van der Waals surface area (Å²) in [4.78, 5) is 12.6. The van der Waals surface area contributed by atoms with E-state index in [0.29, 0.717) is 35.0 Å². The van der Waals surface area contributed by atoms with Gasteiger partial charge in [-0.25, -0.2) is 4.79 Å². The van der Waals surface area contributed by atoms with Gasteiger partial charge < -0.3 is 19.9 Å². The molecule has 0 aromatic heterocycles. The van der Waals surface area contributed by atoms with Gasteiger partial charge in [-0.3, -0.25) is 0 Å². The van der Waals surface area contributed by atoms with Gasteiger partial charge in [0, 0.05) is 17.2 Å². The molecule has 6 nitrogen and oxygen atoms in total. The van der Waals surface area contributed by atoms with Crippen molar-refractivity contribution in [3.8, 4) is 23.3 Å². The Balaban J connectivity index is 1.69. The molecule has 34 heavy (non-hydrogen) atoms. The van der Waals surface area contributed by atoms with E-state index in [-0.39, 0.29) is 5.88 Å². The molecule has 1 atom stereocenters. The third-order valence-corrected chi connectivity index (χ3v) is 5.64. The van der Waals surface area contributed by atoms with Crippen molar-refractivity contribution in [1.29, 1.82) is 5.26 Å². The smallest absolute Gasteiger partial charge is 0.343 e. The van der Waals surface area contributed by atoms with Gasteiger partial charge in [0.2, 0.25) is 5.88 Å². The van der Waals surface area contributed by atoms with Gasteiger partial charge in [-0.15, -0.1) is 0 Å². The topological polar surface area (TPSA) is 94.6 Å². The predicted molar refractivity (Wildman–Crippen MR) is 129 cm³/mol. The lowest BCUT2D eigenvalue weighted by atomic mass is 9.83. The Morgan fingerprint density at radius 2 is 1.91 bits per heavy atom. The normalized spacial score (nSPS) is 14.6. The van der Waals surface area contributed by atoms with E-state index in [9.17, 15) is 10.1 Å². The fourth-order valence-electron chi connectivity index (χ4n) is 3.93. The molecule has 1 aliphatic rings. The minimum atomic E-state index is -0.466. The molecule has 3 aromatic carbocycles. The van der Waals surface area contributed by atoms with Crippen LogP contribution >= 0.6 is 0 Å². The van der Waals surface area contributed by atoms with Crippen LogP contribution in [0.15, 0.2) is 78.2 Å². The van der Waals surface area contributed by atoms with Gasteiger partial charge >= 0.3 is 5.97 Å². The molecule has 0 bridgehead atoms. The Labute approximate surface area is 199 Å². The first-order valence-electron chi connectivity index (χ1n) is 11.2. The Morgan fingerprint density at radius 1 is 1.09 bits per heavy atom. The number of benzene rings is 3. The molecule has 4 rings (SSSR count). The van der Waals surface area contributed by atoms with Crippen molar-refractivity contribution < 1.29 is 19.0 Å². The highest BCUT2D eigenvalue weighted by Crippen LogP contribution is 2.45. The van der Waals surface area contributed by atoms with Crippen LogP contribution in [0.4, 0.5) is 0 Å². The van der Waals surface area contributed by atoms with Gasteiger partial charge in [0.1, 0.15) is 28.9 Å². The molecule has 172 valence electrons. The zero-order chi connectivity index (χ0) is 24.1. The minimum Gasteiger partial charge on any atom is -0.493 e. The maximum absolute atomic E-state index is 12.6. The molecule has 1 heterocycles. The van der Waals surface area contributed by atoms with Gasteiger partial charge in [0.25, 0.3) is 0 Å². The van der Waals surface area contributed by atoms with Crippen LogP contribution in [0.1, 0.15) is 52.7 Å². The Bertz CT molecular complexity index is 1290. The Hall–Kier alpha value is -4.24. The number of unbranched alkanes of at least 4 members (excludes halogenated alkanes) is 1. The summed E-state index contributed by atoms with van der Waals surface area (Å²) in [5, 5.41) is 9.87. The van der Waals surface area contributed by atoms with E-state index < -0.39 is 11.9 Å². The van der Waals surface area contributed by atoms with Crippen molar-refractivity contribution in [3.63, 3.8) is 0 Å². The summed E-state index contributed by atoms with van der Waals surface area (Å²) in [6.07, 6.45) is 1.94. The highest BCUT2D eigenvalue weighted by atomic mass is 16.5. The first kappa shape index (κ1) is 22.9. The number of hydrogen-bond acceptors (Lipinski definition) is 6. The Morgan fingerprint density at radius 3 is 2.68 bits per heavy atom. The van der Waals surface area contributed by atoms with Crippen molar-refractivity contribution in [2.24, 2.45) is 5.73 Å². The van der Waals surface area contributed by atoms with Crippen LogP contribution in [0.3, 0.4) is 0 Å². The van der Waals surface area contributed by atoms with Crippen LogP contribution in [-0.4, -0.2) is 12.6 Å². The fraction of sp³-hybridized carbons (Fsp3) is 0.214. The maximum Gasteiger partial charge on any atom is 0.343 e. The van der Waals surface area contributed by atoms with E-state index in [1.807, 2.05) is 37.3 Å². The van der Waals surface area contributed by atoms with Crippen molar-refractivity contribution in [2.75, 3.05) is 6.61 Å². The summed E-state index contributed by atoms with van der Waals surface area (Å²) in [6.45, 7) is 4.60. The van der Waals surface area contributed by atoms with E-state index in [2.05, 4.69) is 13.0 Å². The SMILES string of the molecule is CCCCOc1ccccc1C1C(C#N)=C(N)Oc2cc(OC(=O)c3cccc(C)c3)ccc21. The average Bonchev–Trinajstić information content (AvgIpc) is 2.83. The summed E-state index contributed by atoms with van der Waals surface area (Å²) in [6, 6.07) is 22.1. The van der Waals surface area contributed by atoms with Gasteiger partial charge in [0.05, 0.1) is 18.1 Å². The number of aryl methyl sites for hydroxylation is 1. The summed E-state index contributed by atoms with van der Waals surface area (Å²) >= 11 is 0. The van der Waals surface area contributed by atoms with Crippen LogP contribution in [0, 0.1) is 18.3 Å². The number of carbonyl (C=O) groups excluding carboxylic acids is 1. The number of carbonyl (C=O) groups is 1. The second kappa shape index (κ2) is 10.1. The summed E-state index contributed by atoms with van der Waals surface area (Å²) in [5.41, 5.74) is 9.45. The standard InChI is InChI=1S/C28H26N2O4/c1-3-4-14-32-24-11-6-5-10-21(24)26-22-13-12-20(16-25(22)34-27(30)23(26)17-29)33-28(31)19-9-7-8-18(2)15-19/h5-13,15-16,26H,3-4,14,30H2,1-2H3. The highest BCUT2D eigenvalue weighted by molar-refractivity contribution is 5.91. The van der Waals surface area contributed by atoms with Gasteiger partial charge in [-0.05, 0) is 37.6 Å². The second-order valence-corrected chi connectivity index (χ2v) is 8.12. The molecule has 1 unspecified atom stereocenters. The summed E-state index contributed by atoms with van der Waals surface area (Å²) < 4.78 is 17.4. The van der Waals surface area contributed by atoms with Crippen molar-refractivity contribution in [1.82, 2.24) is 0 Å². The molecule has 0 spiro atoms. The third kappa shape index (κ3) is 4.74. The predicted octanol–water partition coefficient (Wildman–Crippen LogP) is 5.61. The number of ether oxygens (including phenoxy) is 3. The van der Waals surface area contributed by atoms with E-state index in [4.69, 9.17) is 19.9 Å². The third-order valence-electron chi connectivity index (χ3n) is 5.64. The molecule has 0 aliphatic carbocycles. The second-order valence-electron chi connectivity index (χ2n) is 8.12. The fourth-order valence-corrected chi connectivity index (χ4v) is 3.93. The molecular formula is C28H26N2O4. The number of para-hydroxylation sites is 1. The molecule has 0 saturated heterocycles. The zero-order valence-electron chi connectivity index (χ0n) is 19.2. The van der Waals surface area contributed by atoms with Crippen molar-refractivity contribution >= 4 is 5.97 Å². The lowest BCUT2D eigenvalue weighted by Gasteiger charge is -2.28. The number of rotatable bonds is 7. The number of fused-ring (bicyclic) bond motifs is 1. The largest absolute Gasteiger partial charge is 0.493 e. The van der Waals surface area contributed by atoms with E-state index in [1.165, 1.54) is 0 Å². The molecule has 1 aliphatic heterocycles. The van der Waals surface area contributed by atoms with Crippen molar-refractivity contribution in [3.05, 3.63) is 100 Å². The molecule has 2 N–H and O–H groups in total. The highest BCUT2D eigenvalue weighted by Gasteiger charge is 2.33. The lowest BCUT2D eigenvalue weighted by Crippen LogP contribution is -2.21. The van der Waals surface area contributed by atoms with Crippen LogP contribution in [0.25, 0.3) is 0 Å². The molecule has 6 heteroatoms. The average molecular weight is 455 g/mol. The minimum absolute atomic E-state index is 0.0190.